The maximum atomic E-state index is 11.8. The van der Waals surface area contributed by atoms with Gasteiger partial charge in [0.05, 0.1) is 6.61 Å². The molecular formula is C21H35N5O2. The molecule has 0 bridgehead atoms. The lowest BCUT2D eigenvalue weighted by molar-refractivity contribution is 0.0963. The first-order valence-corrected chi connectivity index (χ1v) is 10.2. The SMILES string of the molecule is CCNC(=NCCc1cccc(C(=O)NC)c1)NC1CCN(CCOC)CC1. The van der Waals surface area contributed by atoms with Crippen LogP contribution < -0.4 is 16.0 Å². The molecule has 1 aliphatic rings. The van der Waals surface area contributed by atoms with Crippen molar-refractivity contribution in [2.24, 2.45) is 4.99 Å². The van der Waals surface area contributed by atoms with Crippen molar-refractivity contribution in [3.8, 4) is 0 Å². The van der Waals surface area contributed by atoms with E-state index in [1.165, 1.54) is 0 Å². The summed E-state index contributed by atoms with van der Waals surface area (Å²) >= 11 is 0. The van der Waals surface area contributed by atoms with Gasteiger partial charge in [-0.3, -0.25) is 9.79 Å². The van der Waals surface area contributed by atoms with Crippen LogP contribution in [0.1, 0.15) is 35.7 Å². The van der Waals surface area contributed by atoms with Crippen LogP contribution >= 0.6 is 0 Å². The van der Waals surface area contributed by atoms with Gasteiger partial charge in [0.15, 0.2) is 5.96 Å². The molecule has 0 saturated carbocycles. The zero-order valence-electron chi connectivity index (χ0n) is 17.5. The van der Waals surface area contributed by atoms with Crippen molar-refractivity contribution < 1.29 is 9.53 Å². The minimum absolute atomic E-state index is 0.0581. The molecule has 28 heavy (non-hydrogen) atoms. The summed E-state index contributed by atoms with van der Waals surface area (Å²) in [6.07, 6.45) is 3.03. The van der Waals surface area contributed by atoms with Gasteiger partial charge in [-0.2, -0.15) is 0 Å². The van der Waals surface area contributed by atoms with Gasteiger partial charge in [0.2, 0.25) is 0 Å². The molecule has 3 N–H and O–H groups in total. The maximum Gasteiger partial charge on any atom is 0.251 e. The van der Waals surface area contributed by atoms with E-state index in [-0.39, 0.29) is 5.91 Å². The topological polar surface area (TPSA) is 78.0 Å². The molecule has 1 aromatic rings. The summed E-state index contributed by atoms with van der Waals surface area (Å²) < 4.78 is 5.17. The Morgan fingerprint density at radius 2 is 2.11 bits per heavy atom. The third kappa shape index (κ3) is 7.48. The van der Waals surface area contributed by atoms with Crippen LogP contribution in [-0.2, 0) is 11.2 Å². The highest BCUT2D eigenvalue weighted by Gasteiger charge is 2.19. The van der Waals surface area contributed by atoms with Crippen LogP contribution in [0.15, 0.2) is 29.3 Å². The van der Waals surface area contributed by atoms with Crippen LogP contribution in [0, 0.1) is 0 Å². The smallest absolute Gasteiger partial charge is 0.251 e. The summed E-state index contributed by atoms with van der Waals surface area (Å²) in [6, 6.07) is 8.18. The number of aliphatic imine (C=N–C) groups is 1. The molecule has 1 saturated heterocycles. The number of guanidine groups is 1. The minimum atomic E-state index is -0.0581. The predicted molar refractivity (Wildman–Crippen MR) is 114 cm³/mol. The summed E-state index contributed by atoms with van der Waals surface area (Å²) in [7, 11) is 3.40. The van der Waals surface area contributed by atoms with E-state index in [4.69, 9.17) is 9.73 Å². The number of carbonyl (C=O) groups excluding carboxylic acids is 1. The Morgan fingerprint density at radius 3 is 2.79 bits per heavy atom. The van der Waals surface area contributed by atoms with Crippen molar-refractivity contribution in [3.05, 3.63) is 35.4 Å². The van der Waals surface area contributed by atoms with Gasteiger partial charge >= 0.3 is 0 Å². The first-order chi connectivity index (χ1) is 13.7. The van der Waals surface area contributed by atoms with Crippen molar-refractivity contribution >= 4 is 11.9 Å². The number of nitrogens with one attached hydrogen (secondary N) is 3. The van der Waals surface area contributed by atoms with Crippen LogP contribution in [0.2, 0.25) is 0 Å². The average Bonchev–Trinajstić information content (AvgIpc) is 2.73. The van der Waals surface area contributed by atoms with Gasteiger partial charge in [-0.05, 0) is 43.9 Å². The lowest BCUT2D eigenvalue weighted by Gasteiger charge is -2.32. The molecule has 1 amide bonds. The van der Waals surface area contributed by atoms with Crippen LogP contribution in [0.5, 0.6) is 0 Å². The molecule has 0 unspecified atom stereocenters. The van der Waals surface area contributed by atoms with Gasteiger partial charge in [-0.25, -0.2) is 0 Å². The normalized spacial score (nSPS) is 16.0. The van der Waals surface area contributed by atoms with Crippen LogP contribution in [-0.4, -0.2) is 76.3 Å². The highest BCUT2D eigenvalue weighted by Crippen LogP contribution is 2.10. The maximum absolute atomic E-state index is 11.8. The number of piperidine rings is 1. The summed E-state index contributed by atoms with van der Waals surface area (Å²) in [4.78, 5) is 18.9. The molecule has 0 radical (unpaired) electrons. The lowest BCUT2D eigenvalue weighted by atomic mass is 10.1. The Balaban J connectivity index is 1.83. The van der Waals surface area contributed by atoms with Gasteiger partial charge < -0.3 is 25.6 Å². The Hall–Kier alpha value is -2.12. The molecule has 1 aliphatic heterocycles. The van der Waals surface area contributed by atoms with E-state index in [2.05, 4.69) is 27.8 Å². The standard InChI is InChI=1S/C21H35N5O2/c1-4-23-21(25-19-9-12-26(13-10-19)14-15-28-3)24-11-8-17-6-5-7-18(16-17)20(27)22-2/h5-7,16,19H,4,8-15H2,1-3H3,(H,22,27)(H2,23,24,25). The number of likely N-dealkylation sites (tertiary alicyclic amines) is 1. The number of ether oxygens (including phenoxy) is 1. The zero-order valence-corrected chi connectivity index (χ0v) is 17.5. The summed E-state index contributed by atoms with van der Waals surface area (Å²) in [6.45, 7) is 7.58. The van der Waals surface area contributed by atoms with Crippen molar-refractivity contribution in [1.29, 1.82) is 0 Å². The van der Waals surface area contributed by atoms with Crippen LogP contribution in [0.3, 0.4) is 0 Å². The lowest BCUT2D eigenvalue weighted by Crippen LogP contribution is -2.49. The first-order valence-electron chi connectivity index (χ1n) is 10.2. The molecule has 1 fully saturated rings. The van der Waals surface area contributed by atoms with Crippen molar-refractivity contribution in [2.45, 2.75) is 32.2 Å². The molecule has 0 aromatic heterocycles. The Kier molecular flexibility index (Phi) is 9.79. The summed E-state index contributed by atoms with van der Waals surface area (Å²) in [5.41, 5.74) is 1.81. The third-order valence-electron chi connectivity index (χ3n) is 4.97. The van der Waals surface area contributed by atoms with Gasteiger partial charge in [0, 0.05) is 58.5 Å². The van der Waals surface area contributed by atoms with Gasteiger partial charge in [0.25, 0.3) is 5.91 Å². The molecule has 1 aromatic carbocycles. The van der Waals surface area contributed by atoms with E-state index in [9.17, 15) is 4.79 Å². The van der Waals surface area contributed by atoms with Crippen molar-refractivity contribution in [3.63, 3.8) is 0 Å². The first kappa shape index (κ1) is 22.2. The van der Waals surface area contributed by atoms with E-state index in [1.807, 2.05) is 24.3 Å². The molecule has 7 nitrogen and oxygen atoms in total. The second-order valence-corrected chi connectivity index (χ2v) is 7.04. The monoisotopic (exact) mass is 389 g/mol. The Labute approximate surface area is 168 Å². The molecule has 0 spiro atoms. The van der Waals surface area contributed by atoms with Crippen molar-refractivity contribution in [1.82, 2.24) is 20.9 Å². The summed E-state index contributed by atoms with van der Waals surface area (Å²) in [5, 5.41) is 9.58. The van der Waals surface area contributed by atoms with Gasteiger partial charge in [0.1, 0.15) is 0 Å². The Bertz CT molecular complexity index is 627. The molecule has 0 aliphatic carbocycles. The fourth-order valence-electron chi connectivity index (χ4n) is 3.34. The number of amides is 1. The fourth-order valence-corrected chi connectivity index (χ4v) is 3.34. The van der Waals surface area contributed by atoms with Crippen LogP contribution in [0.4, 0.5) is 0 Å². The molecule has 156 valence electrons. The highest BCUT2D eigenvalue weighted by atomic mass is 16.5. The molecular weight excluding hydrogens is 354 g/mol. The number of benzene rings is 1. The third-order valence-corrected chi connectivity index (χ3v) is 4.97. The molecule has 0 atom stereocenters. The second kappa shape index (κ2) is 12.4. The molecule has 7 heteroatoms. The number of methoxy groups -OCH3 is 1. The minimum Gasteiger partial charge on any atom is -0.383 e. The largest absolute Gasteiger partial charge is 0.383 e. The second-order valence-electron chi connectivity index (χ2n) is 7.04. The van der Waals surface area contributed by atoms with E-state index in [1.54, 1.807) is 14.2 Å². The number of carbonyl (C=O) groups is 1. The fraction of sp³-hybridized carbons (Fsp3) is 0.619. The zero-order chi connectivity index (χ0) is 20.2. The number of nitrogens with zero attached hydrogens (tertiary/aromatic N) is 2. The molecule has 2 rings (SSSR count). The van der Waals surface area contributed by atoms with Crippen molar-refractivity contribution in [2.75, 3.05) is 53.5 Å². The quantitative estimate of drug-likeness (QED) is 0.438. The van der Waals surface area contributed by atoms with E-state index in [0.717, 1.165) is 63.6 Å². The van der Waals surface area contributed by atoms with E-state index in [0.29, 0.717) is 18.2 Å². The average molecular weight is 390 g/mol. The number of hydrogen-bond donors (Lipinski definition) is 3. The summed E-state index contributed by atoms with van der Waals surface area (Å²) in [5.74, 6) is 0.817. The number of hydrogen-bond acceptors (Lipinski definition) is 4. The predicted octanol–water partition coefficient (Wildman–Crippen LogP) is 1.25. The van der Waals surface area contributed by atoms with E-state index >= 15 is 0 Å². The Morgan fingerprint density at radius 1 is 1.32 bits per heavy atom. The van der Waals surface area contributed by atoms with Gasteiger partial charge in [-0.15, -0.1) is 0 Å². The number of rotatable bonds is 9. The van der Waals surface area contributed by atoms with Crippen LogP contribution in [0.25, 0.3) is 0 Å². The van der Waals surface area contributed by atoms with Gasteiger partial charge in [-0.1, -0.05) is 12.1 Å². The highest BCUT2D eigenvalue weighted by molar-refractivity contribution is 5.94. The molecule has 1 heterocycles. The van der Waals surface area contributed by atoms with E-state index < -0.39 is 0 Å².